The van der Waals surface area contributed by atoms with Gasteiger partial charge in [-0.25, -0.2) is 9.97 Å². The van der Waals surface area contributed by atoms with Gasteiger partial charge in [-0.3, -0.25) is 9.69 Å². The quantitative estimate of drug-likeness (QED) is 0.792. The summed E-state index contributed by atoms with van der Waals surface area (Å²) in [6.45, 7) is 2.02. The molecule has 0 fully saturated rings. The first kappa shape index (κ1) is 15.1. The molecule has 3 heterocycles. The smallest absolute Gasteiger partial charge is 0.255 e. The van der Waals surface area contributed by atoms with Crippen LogP contribution in [0.3, 0.4) is 0 Å². The molecule has 0 spiro atoms. The van der Waals surface area contributed by atoms with E-state index in [1.807, 2.05) is 12.1 Å². The van der Waals surface area contributed by atoms with E-state index in [-0.39, 0.29) is 5.56 Å². The lowest BCUT2D eigenvalue weighted by Gasteiger charge is -2.26. The molecule has 0 saturated carbocycles. The zero-order valence-electron chi connectivity index (χ0n) is 12.8. The Bertz CT molecular complexity index is 903. The van der Waals surface area contributed by atoms with E-state index >= 15 is 0 Å². The number of H-pyrrole nitrogens is 1. The highest BCUT2D eigenvalue weighted by Crippen LogP contribution is 2.21. The summed E-state index contributed by atoms with van der Waals surface area (Å²) in [6, 6.07) is 7.28. The fraction of sp³-hybridized carbons (Fsp3) is 0.235. The molecule has 0 unspecified atom stereocenters. The van der Waals surface area contributed by atoms with E-state index in [2.05, 4.69) is 19.9 Å². The van der Waals surface area contributed by atoms with Gasteiger partial charge < -0.3 is 9.40 Å². The van der Waals surface area contributed by atoms with E-state index < -0.39 is 0 Å². The zero-order valence-corrected chi connectivity index (χ0v) is 13.6. The van der Waals surface area contributed by atoms with E-state index in [0.717, 1.165) is 35.5 Å². The van der Waals surface area contributed by atoms with Crippen LogP contribution in [-0.4, -0.2) is 26.4 Å². The number of hydrogen-bond acceptors (Lipinski definition) is 5. The Kier molecular flexibility index (Phi) is 3.92. The summed E-state index contributed by atoms with van der Waals surface area (Å²) in [7, 11) is 0. The van der Waals surface area contributed by atoms with Crippen LogP contribution in [0.1, 0.15) is 17.0 Å². The van der Waals surface area contributed by atoms with Crippen molar-refractivity contribution in [3.05, 3.63) is 69.3 Å². The van der Waals surface area contributed by atoms with Gasteiger partial charge in [-0.2, -0.15) is 0 Å². The first-order chi connectivity index (χ1) is 11.7. The Labute approximate surface area is 143 Å². The monoisotopic (exact) mass is 342 g/mol. The van der Waals surface area contributed by atoms with Gasteiger partial charge in [0, 0.05) is 30.1 Å². The number of rotatable bonds is 3. The summed E-state index contributed by atoms with van der Waals surface area (Å²) in [4.78, 5) is 26.1. The third-order valence-corrected chi connectivity index (χ3v) is 4.38. The first-order valence-corrected chi connectivity index (χ1v) is 8.04. The second kappa shape index (κ2) is 6.22. The Morgan fingerprint density at radius 3 is 2.88 bits per heavy atom. The van der Waals surface area contributed by atoms with E-state index in [1.165, 1.54) is 6.39 Å². The van der Waals surface area contributed by atoms with Gasteiger partial charge in [0.05, 0.1) is 24.0 Å². The molecule has 0 aliphatic carbocycles. The molecule has 1 aromatic carbocycles. The number of nitrogens with one attached hydrogen (secondary N) is 1. The van der Waals surface area contributed by atoms with Crippen molar-refractivity contribution in [3.63, 3.8) is 0 Å². The summed E-state index contributed by atoms with van der Waals surface area (Å²) in [5.41, 5.74) is 2.34. The van der Waals surface area contributed by atoms with Gasteiger partial charge in [-0.1, -0.05) is 11.6 Å². The summed E-state index contributed by atoms with van der Waals surface area (Å²) in [5.74, 6) is 1.37. The highest BCUT2D eigenvalue weighted by molar-refractivity contribution is 6.30. The van der Waals surface area contributed by atoms with Gasteiger partial charge in [0.15, 0.2) is 6.39 Å². The topological polar surface area (TPSA) is 75.0 Å². The summed E-state index contributed by atoms with van der Waals surface area (Å²) >= 11 is 5.91. The molecule has 0 bridgehead atoms. The van der Waals surface area contributed by atoms with Crippen LogP contribution in [0.5, 0.6) is 0 Å². The number of fused-ring (bicyclic) bond motifs is 1. The average molecular weight is 343 g/mol. The van der Waals surface area contributed by atoms with Crippen LogP contribution >= 0.6 is 11.6 Å². The van der Waals surface area contributed by atoms with Crippen LogP contribution in [0, 0.1) is 0 Å². The minimum absolute atomic E-state index is 0.0905. The van der Waals surface area contributed by atoms with Crippen LogP contribution in [0.15, 0.2) is 46.1 Å². The maximum atomic E-state index is 12.5. The van der Waals surface area contributed by atoms with Crippen molar-refractivity contribution in [3.8, 4) is 11.4 Å². The van der Waals surface area contributed by atoms with Crippen molar-refractivity contribution < 1.29 is 4.42 Å². The molecule has 2 aromatic heterocycles. The Hall–Kier alpha value is -2.44. The van der Waals surface area contributed by atoms with E-state index in [0.29, 0.717) is 23.9 Å². The normalized spacial score (nSPS) is 14.5. The largest absolute Gasteiger partial charge is 0.447 e. The molecule has 24 heavy (non-hydrogen) atoms. The van der Waals surface area contributed by atoms with Crippen molar-refractivity contribution in [2.45, 2.75) is 19.5 Å². The second-order valence-electron chi connectivity index (χ2n) is 5.78. The number of benzene rings is 1. The fourth-order valence-electron chi connectivity index (χ4n) is 2.90. The van der Waals surface area contributed by atoms with Gasteiger partial charge in [-0.05, 0) is 24.3 Å². The average Bonchev–Trinajstić information content (AvgIpc) is 3.09. The molecule has 3 aromatic rings. The minimum atomic E-state index is -0.0905. The number of oxazole rings is 1. The summed E-state index contributed by atoms with van der Waals surface area (Å²) < 4.78 is 5.28. The lowest BCUT2D eigenvalue weighted by molar-refractivity contribution is 0.222. The Morgan fingerprint density at radius 1 is 1.29 bits per heavy atom. The molecule has 0 radical (unpaired) electrons. The number of nitrogens with zero attached hydrogens (tertiary/aromatic N) is 3. The van der Waals surface area contributed by atoms with E-state index in [4.69, 9.17) is 16.0 Å². The van der Waals surface area contributed by atoms with Crippen LogP contribution in [-0.2, 0) is 19.5 Å². The van der Waals surface area contributed by atoms with E-state index in [1.54, 1.807) is 18.3 Å². The fourth-order valence-corrected chi connectivity index (χ4v) is 3.03. The second-order valence-corrected chi connectivity index (χ2v) is 6.21. The van der Waals surface area contributed by atoms with Crippen molar-refractivity contribution in [2.24, 2.45) is 0 Å². The van der Waals surface area contributed by atoms with Crippen molar-refractivity contribution in [1.82, 2.24) is 19.9 Å². The molecule has 0 atom stereocenters. The Balaban J connectivity index is 1.61. The van der Waals surface area contributed by atoms with Crippen LogP contribution in [0.4, 0.5) is 0 Å². The van der Waals surface area contributed by atoms with Gasteiger partial charge in [0.25, 0.3) is 5.56 Å². The standard InChI is InChI=1S/C17H15ClN4O2/c18-12-3-1-11(2-4-12)16-20-15-5-6-22(8-13-7-19-10-24-13)9-14(15)17(23)21-16/h1-4,7,10H,5-6,8-9H2,(H,20,21,23). The molecule has 0 saturated heterocycles. The molecule has 0 amide bonds. The Morgan fingerprint density at radius 2 is 2.12 bits per heavy atom. The molecule has 4 rings (SSSR count). The first-order valence-electron chi connectivity index (χ1n) is 7.67. The minimum Gasteiger partial charge on any atom is -0.447 e. The lowest BCUT2D eigenvalue weighted by atomic mass is 10.1. The van der Waals surface area contributed by atoms with Crippen molar-refractivity contribution in [1.29, 1.82) is 0 Å². The maximum absolute atomic E-state index is 12.5. The number of hydrogen-bond donors (Lipinski definition) is 1. The van der Waals surface area contributed by atoms with Gasteiger partial charge in [0.1, 0.15) is 11.6 Å². The maximum Gasteiger partial charge on any atom is 0.255 e. The van der Waals surface area contributed by atoms with Gasteiger partial charge in [-0.15, -0.1) is 0 Å². The van der Waals surface area contributed by atoms with Gasteiger partial charge in [0.2, 0.25) is 0 Å². The molecular formula is C17H15ClN4O2. The van der Waals surface area contributed by atoms with Gasteiger partial charge >= 0.3 is 0 Å². The molecular weight excluding hydrogens is 328 g/mol. The highest BCUT2D eigenvalue weighted by Gasteiger charge is 2.22. The SMILES string of the molecule is O=c1[nH]c(-c2ccc(Cl)cc2)nc2c1CN(Cc1cnco1)CC2. The molecule has 122 valence electrons. The van der Waals surface area contributed by atoms with Crippen LogP contribution in [0.25, 0.3) is 11.4 Å². The number of halogens is 1. The van der Waals surface area contributed by atoms with Crippen molar-refractivity contribution in [2.75, 3.05) is 6.54 Å². The highest BCUT2D eigenvalue weighted by atomic mass is 35.5. The molecule has 1 N–H and O–H groups in total. The van der Waals surface area contributed by atoms with Crippen LogP contribution in [0.2, 0.25) is 5.02 Å². The third kappa shape index (κ3) is 2.98. The molecule has 6 nitrogen and oxygen atoms in total. The zero-order chi connectivity index (χ0) is 16.5. The molecule has 7 heteroatoms. The lowest BCUT2D eigenvalue weighted by Crippen LogP contribution is -2.35. The predicted molar refractivity (Wildman–Crippen MR) is 89.6 cm³/mol. The number of aromatic amines is 1. The van der Waals surface area contributed by atoms with E-state index in [9.17, 15) is 4.79 Å². The number of aromatic nitrogens is 3. The molecule has 1 aliphatic rings. The third-order valence-electron chi connectivity index (χ3n) is 4.13. The molecule has 1 aliphatic heterocycles. The summed E-state index contributed by atoms with van der Waals surface area (Å²) in [5, 5.41) is 0.655. The van der Waals surface area contributed by atoms with Crippen LogP contribution < -0.4 is 5.56 Å². The summed E-state index contributed by atoms with van der Waals surface area (Å²) in [6.07, 6.45) is 3.84. The predicted octanol–water partition coefficient (Wildman–Crippen LogP) is 2.64. The van der Waals surface area contributed by atoms with Crippen molar-refractivity contribution >= 4 is 11.6 Å².